The largest absolute Gasteiger partial charge is 0.355 e. The molecule has 0 aliphatic rings. The Morgan fingerprint density at radius 1 is 1.06 bits per heavy atom. The summed E-state index contributed by atoms with van der Waals surface area (Å²) in [7, 11) is 4.11. The van der Waals surface area contributed by atoms with Gasteiger partial charge in [0.1, 0.15) is 0 Å². The normalized spacial score (nSPS) is 10.8. The van der Waals surface area contributed by atoms with Crippen molar-refractivity contribution in [3.8, 4) is 0 Å². The Balaban J connectivity index is 3.16. The van der Waals surface area contributed by atoms with Crippen LogP contribution < -0.4 is 10.6 Å². The first-order valence-electron chi connectivity index (χ1n) is 6.79. The molecule has 0 aromatic heterocycles. The van der Waals surface area contributed by atoms with Crippen LogP contribution in [-0.4, -0.2) is 51.1 Å². The molecule has 0 bridgehead atoms. The number of rotatable bonds is 11. The van der Waals surface area contributed by atoms with Gasteiger partial charge in [-0.2, -0.15) is 0 Å². The highest BCUT2D eigenvalue weighted by molar-refractivity contribution is 5.75. The maximum Gasteiger partial charge on any atom is 0.220 e. The number of carbonyl (C=O) groups is 1. The van der Waals surface area contributed by atoms with Crippen molar-refractivity contribution in [2.75, 3.05) is 40.3 Å². The van der Waals surface area contributed by atoms with Crippen LogP contribution in [0.4, 0.5) is 0 Å². The van der Waals surface area contributed by atoms with E-state index in [9.17, 15) is 4.79 Å². The summed E-state index contributed by atoms with van der Waals surface area (Å²) in [5.41, 5.74) is 0. The minimum Gasteiger partial charge on any atom is -0.355 e. The van der Waals surface area contributed by atoms with E-state index in [4.69, 9.17) is 0 Å². The standard InChI is InChI=1S/C13H29N3O/c1-4-5-6-7-8-13(17)15-10-9-14-11-12-16(2)3/h14H,4-12H2,1-3H3,(H,15,17). The third-order valence-corrected chi connectivity index (χ3v) is 2.62. The van der Waals surface area contributed by atoms with E-state index in [0.29, 0.717) is 6.42 Å². The summed E-state index contributed by atoms with van der Waals surface area (Å²) >= 11 is 0. The van der Waals surface area contributed by atoms with Gasteiger partial charge in [-0.3, -0.25) is 4.79 Å². The van der Waals surface area contributed by atoms with E-state index in [2.05, 4.69) is 36.6 Å². The topological polar surface area (TPSA) is 44.4 Å². The monoisotopic (exact) mass is 243 g/mol. The van der Waals surface area contributed by atoms with Gasteiger partial charge >= 0.3 is 0 Å². The van der Waals surface area contributed by atoms with Crippen molar-refractivity contribution in [1.29, 1.82) is 0 Å². The third kappa shape index (κ3) is 13.3. The second-order valence-electron chi connectivity index (χ2n) is 4.71. The Hall–Kier alpha value is -0.610. The Morgan fingerprint density at radius 2 is 1.82 bits per heavy atom. The lowest BCUT2D eigenvalue weighted by molar-refractivity contribution is -0.121. The summed E-state index contributed by atoms with van der Waals surface area (Å²) in [4.78, 5) is 13.5. The molecule has 0 saturated heterocycles. The van der Waals surface area contributed by atoms with Gasteiger partial charge in [-0.1, -0.05) is 26.2 Å². The Bertz CT molecular complexity index is 184. The van der Waals surface area contributed by atoms with Crippen LogP contribution in [0.3, 0.4) is 0 Å². The maximum absolute atomic E-state index is 11.4. The Morgan fingerprint density at radius 3 is 2.47 bits per heavy atom. The van der Waals surface area contributed by atoms with Gasteiger partial charge in [-0.05, 0) is 20.5 Å². The van der Waals surface area contributed by atoms with Crippen LogP contribution in [0.5, 0.6) is 0 Å². The minimum atomic E-state index is 0.190. The van der Waals surface area contributed by atoms with Gasteiger partial charge in [0.05, 0.1) is 0 Å². The van der Waals surface area contributed by atoms with E-state index in [-0.39, 0.29) is 5.91 Å². The first kappa shape index (κ1) is 16.4. The molecule has 0 rings (SSSR count). The third-order valence-electron chi connectivity index (χ3n) is 2.62. The molecule has 102 valence electrons. The predicted molar refractivity (Wildman–Crippen MR) is 73.2 cm³/mol. The summed E-state index contributed by atoms with van der Waals surface area (Å²) in [5, 5.41) is 6.22. The molecule has 4 heteroatoms. The first-order valence-corrected chi connectivity index (χ1v) is 6.79. The predicted octanol–water partition coefficient (Wildman–Crippen LogP) is 1.22. The summed E-state index contributed by atoms with van der Waals surface area (Å²) < 4.78 is 0. The zero-order valence-corrected chi connectivity index (χ0v) is 11.7. The average molecular weight is 243 g/mol. The van der Waals surface area contributed by atoms with E-state index in [1.54, 1.807) is 0 Å². The summed E-state index contributed by atoms with van der Waals surface area (Å²) in [5.74, 6) is 0.190. The van der Waals surface area contributed by atoms with Gasteiger partial charge in [-0.25, -0.2) is 0 Å². The van der Waals surface area contributed by atoms with Crippen molar-refractivity contribution >= 4 is 5.91 Å². The smallest absolute Gasteiger partial charge is 0.220 e. The summed E-state index contributed by atoms with van der Waals surface area (Å²) in [6, 6.07) is 0. The zero-order valence-electron chi connectivity index (χ0n) is 11.7. The number of nitrogens with one attached hydrogen (secondary N) is 2. The number of nitrogens with zero attached hydrogens (tertiary/aromatic N) is 1. The van der Waals surface area contributed by atoms with Crippen LogP contribution >= 0.6 is 0 Å². The van der Waals surface area contributed by atoms with Crippen molar-refractivity contribution in [2.24, 2.45) is 0 Å². The Kier molecular flexibility index (Phi) is 11.4. The molecule has 0 fully saturated rings. The number of unbranched alkanes of at least 4 members (excludes halogenated alkanes) is 3. The van der Waals surface area contributed by atoms with E-state index in [0.717, 1.165) is 32.6 Å². The maximum atomic E-state index is 11.4. The van der Waals surface area contributed by atoms with Gasteiger partial charge in [0.25, 0.3) is 0 Å². The molecule has 17 heavy (non-hydrogen) atoms. The van der Waals surface area contributed by atoms with Crippen molar-refractivity contribution < 1.29 is 4.79 Å². The van der Waals surface area contributed by atoms with Crippen LogP contribution in [0.25, 0.3) is 0 Å². The van der Waals surface area contributed by atoms with Crippen molar-refractivity contribution in [3.05, 3.63) is 0 Å². The first-order chi connectivity index (χ1) is 8.16. The second-order valence-corrected chi connectivity index (χ2v) is 4.71. The van der Waals surface area contributed by atoms with Crippen LogP contribution in [-0.2, 0) is 4.79 Å². The van der Waals surface area contributed by atoms with Crippen LogP contribution in [0, 0.1) is 0 Å². The number of hydrogen-bond acceptors (Lipinski definition) is 3. The molecule has 0 aliphatic heterocycles. The number of likely N-dealkylation sites (N-methyl/N-ethyl adjacent to an activating group) is 1. The summed E-state index contributed by atoms with van der Waals surface area (Å²) in [6.45, 7) is 5.78. The fourth-order valence-electron chi connectivity index (χ4n) is 1.52. The van der Waals surface area contributed by atoms with Crippen molar-refractivity contribution in [3.63, 3.8) is 0 Å². The molecular formula is C13H29N3O. The van der Waals surface area contributed by atoms with E-state index >= 15 is 0 Å². The number of carbonyl (C=O) groups excluding carboxylic acids is 1. The molecule has 4 nitrogen and oxygen atoms in total. The highest BCUT2D eigenvalue weighted by Crippen LogP contribution is 2.01. The van der Waals surface area contributed by atoms with Gasteiger partial charge < -0.3 is 15.5 Å². The fourth-order valence-corrected chi connectivity index (χ4v) is 1.52. The molecule has 1 amide bonds. The van der Waals surface area contributed by atoms with Crippen molar-refractivity contribution in [2.45, 2.75) is 39.0 Å². The molecule has 0 aromatic carbocycles. The van der Waals surface area contributed by atoms with Gasteiger partial charge in [0.15, 0.2) is 0 Å². The lowest BCUT2D eigenvalue weighted by Crippen LogP contribution is -2.34. The number of hydrogen-bond donors (Lipinski definition) is 2. The molecule has 0 spiro atoms. The average Bonchev–Trinajstić information content (AvgIpc) is 2.29. The molecule has 2 N–H and O–H groups in total. The highest BCUT2D eigenvalue weighted by Gasteiger charge is 1.99. The SMILES string of the molecule is CCCCCCC(=O)NCCNCCN(C)C. The quantitative estimate of drug-likeness (QED) is 0.536. The van der Waals surface area contributed by atoms with E-state index < -0.39 is 0 Å². The van der Waals surface area contributed by atoms with Crippen LogP contribution in [0.15, 0.2) is 0 Å². The highest BCUT2D eigenvalue weighted by atomic mass is 16.1. The van der Waals surface area contributed by atoms with E-state index in [1.165, 1.54) is 19.3 Å². The van der Waals surface area contributed by atoms with Gasteiger partial charge in [0, 0.05) is 32.6 Å². The molecule has 0 saturated carbocycles. The molecular weight excluding hydrogens is 214 g/mol. The second kappa shape index (κ2) is 11.9. The molecule has 0 radical (unpaired) electrons. The molecule has 0 aromatic rings. The van der Waals surface area contributed by atoms with Crippen LogP contribution in [0.1, 0.15) is 39.0 Å². The molecule has 0 unspecified atom stereocenters. The summed E-state index contributed by atoms with van der Waals surface area (Å²) in [6.07, 6.45) is 5.33. The molecule has 0 heterocycles. The van der Waals surface area contributed by atoms with Gasteiger partial charge in [-0.15, -0.1) is 0 Å². The van der Waals surface area contributed by atoms with Gasteiger partial charge in [0.2, 0.25) is 5.91 Å². The molecule has 0 atom stereocenters. The lowest BCUT2D eigenvalue weighted by Gasteiger charge is -2.10. The minimum absolute atomic E-state index is 0.190. The van der Waals surface area contributed by atoms with E-state index in [1.807, 2.05) is 0 Å². The van der Waals surface area contributed by atoms with Crippen molar-refractivity contribution in [1.82, 2.24) is 15.5 Å². The Labute approximate surface area is 106 Å². The number of amides is 1. The van der Waals surface area contributed by atoms with Crippen LogP contribution in [0.2, 0.25) is 0 Å². The molecule has 0 aliphatic carbocycles. The lowest BCUT2D eigenvalue weighted by atomic mass is 10.1. The zero-order chi connectivity index (χ0) is 12.9. The fraction of sp³-hybridized carbons (Fsp3) is 0.923.